The fourth-order valence-electron chi connectivity index (χ4n) is 3.77. The lowest BCUT2D eigenvalue weighted by Crippen LogP contribution is -2.43. The third-order valence-electron chi connectivity index (χ3n) is 5.18. The summed E-state index contributed by atoms with van der Waals surface area (Å²) in [6, 6.07) is 1.60. The first-order chi connectivity index (χ1) is 11.0. The Morgan fingerprint density at radius 2 is 1.91 bits per heavy atom. The zero-order valence-corrected chi connectivity index (χ0v) is 13.8. The van der Waals surface area contributed by atoms with Gasteiger partial charge in [0.15, 0.2) is 5.78 Å². The molecule has 2 aliphatic carbocycles. The average Bonchev–Trinajstić information content (AvgIpc) is 2.48. The average molecular weight is 316 g/mol. The highest BCUT2D eigenvalue weighted by Crippen LogP contribution is 2.25. The highest BCUT2D eigenvalue weighted by molar-refractivity contribution is 6.01. The van der Waals surface area contributed by atoms with Gasteiger partial charge in [0.1, 0.15) is 5.56 Å². The lowest BCUT2D eigenvalue weighted by atomic mass is 9.85. The number of amides is 1. The van der Waals surface area contributed by atoms with Crippen LogP contribution in [0.15, 0.2) is 10.9 Å². The maximum atomic E-state index is 12.5. The Morgan fingerprint density at radius 1 is 1.17 bits per heavy atom. The molecule has 0 aliphatic heterocycles. The minimum absolute atomic E-state index is 0.00934. The standard InChI is InChI=1S/C18H24N2O3/c1-10-7-15-12(16(21)8-10)9-13(18(23)20-15)17(22)19-14-6-4-3-5-11(14)2/h9-11,14H,3-8H2,1-2H3,(H,19,22)(H,20,23). The Hall–Kier alpha value is -1.91. The molecule has 124 valence electrons. The largest absolute Gasteiger partial charge is 0.349 e. The van der Waals surface area contributed by atoms with Crippen molar-refractivity contribution >= 4 is 11.7 Å². The fraction of sp³-hybridized carbons (Fsp3) is 0.611. The molecule has 0 saturated heterocycles. The van der Waals surface area contributed by atoms with Gasteiger partial charge in [-0.1, -0.05) is 26.7 Å². The predicted molar refractivity (Wildman–Crippen MR) is 87.8 cm³/mol. The topological polar surface area (TPSA) is 79.0 Å². The Morgan fingerprint density at radius 3 is 2.65 bits per heavy atom. The summed E-state index contributed by atoms with van der Waals surface area (Å²) in [7, 11) is 0. The summed E-state index contributed by atoms with van der Waals surface area (Å²) in [5.74, 6) is 0.301. The summed E-state index contributed by atoms with van der Waals surface area (Å²) >= 11 is 0. The van der Waals surface area contributed by atoms with E-state index in [1.165, 1.54) is 12.5 Å². The number of Topliss-reactive ketones (excluding diaryl/α,β-unsaturated/α-hetero) is 1. The minimum atomic E-state index is -0.397. The van der Waals surface area contributed by atoms with Crippen LogP contribution in [0.3, 0.4) is 0 Å². The van der Waals surface area contributed by atoms with E-state index in [2.05, 4.69) is 17.2 Å². The quantitative estimate of drug-likeness (QED) is 0.879. The number of carbonyl (C=O) groups excluding carboxylic acids is 2. The van der Waals surface area contributed by atoms with Gasteiger partial charge in [0, 0.05) is 23.7 Å². The number of hydrogen-bond donors (Lipinski definition) is 2. The zero-order valence-electron chi connectivity index (χ0n) is 13.8. The van der Waals surface area contributed by atoms with E-state index in [4.69, 9.17) is 0 Å². The second kappa shape index (κ2) is 6.30. The van der Waals surface area contributed by atoms with Crippen LogP contribution >= 0.6 is 0 Å². The minimum Gasteiger partial charge on any atom is -0.349 e. The maximum absolute atomic E-state index is 12.5. The van der Waals surface area contributed by atoms with Gasteiger partial charge in [0.25, 0.3) is 11.5 Å². The van der Waals surface area contributed by atoms with Gasteiger partial charge in [-0.05, 0) is 37.2 Å². The highest BCUT2D eigenvalue weighted by Gasteiger charge is 2.28. The Kier molecular flexibility index (Phi) is 4.37. The van der Waals surface area contributed by atoms with Crippen LogP contribution in [0.25, 0.3) is 0 Å². The number of carbonyl (C=O) groups is 2. The van der Waals surface area contributed by atoms with E-state index in [-0.39, 0.29) is 29.2 Å². The van der Waals surface area contributed by atoms with Gasteiger partial charge in [0.05, 0.1) is 0 Å². The molecule has 2 N–H and O–H groups in total. The van der Waals surface area contributed by atoms with E-state index < -0.39 is 5.56 Å². The molecule has 0 bridgehead atoms. The van der Waals surface area contributed by atoms with Crippen molar-refractivity contribution in [3.05, 3.63) is 33.2 Å². The van der Waals surface area contributed by atoms with Crippen molar-refractivity contribution in [3.63, 3.8) is 0 Å². The summed E-state index contributed by atoms with van der Waals surface area (Å²) < 4.78 is 0. The van der Waals surface area contributed by atoms with Crippen molar-refractivity contribution in [1.29, 1.82) is 0 Å². The Balaban J connectivity index is 1.85. The lowest BCUT2D eigenvalue weighted by molar-refractivity contribution is 0.0908. The van der Waals surface area contributed by atoms with E-state index in [9.17, 15) is 14.4 Å². The van der Waals surface area contributed by atoms with Crippen molar-refractivity contribution in [3.8, 4) is 0 Å². The van der Waals surface area contributed by atoms with Crippen LogP contribution in [-0.4, -0.2) is 22.7 Å². The molecule has 0 spiro atoms. The number of fused-ring (bicyclic) bond motifs is 1. The molecule has 1 fully saturated rings. The summed E-state index contributed by atoms with van der Waals surface area (Å²) in [6.45, 7) is 4.12. The number of ketones is 1. The van der Waals surface area contributed by atoms with Crippen molar-refractivity contribution in [2.75, 3.05) is 0 Å². The third-order valence-corrected chi connectivity index (χ3v) is 5.18. The third kappa shape index (κ3) is 3.23. The van der Waals surface area contributed by atoms with Gasteiger partial charge in [-0.25, -0.2) is 0 Å². The molecular formula is C18H24N2O3. The molecule has 5 heteroatoms. The molecule has 2 aliphatic rings. The smallest absolute Gasteiger partial charge is 0.261 e. The van der Waals surface area contributed by atoms with Crippen LogP contribution < -0.4 is 10.9 Å². The SMILES string of the molecule is CC1CC(=O)c2cc(C(=O)NC3CCCCC3C)c(=O)[nH]c2C1. The van der Waals surface area contributed by atoms with Crippen LogP contribution in [0.1, 0.15) is 72.4 Å². The normalized spacial score (nSPS) is 27.4. The second-order valence-corrected chi connectivity index (χ2v) is 7.18. The molecule has 1 amide bonds. The number of pyridine rings is 1. The van der Waals surface area contributed by atoms with Crippen LogP contribution in [0.4, 0.5) is 0 Å². The molecule has 3 rings (SSSR count). The number of nitrogens with one attached hydrogen (secondary N) is 2. The number of aromatic nitrogens is 1. The van der Waals surface area contributed by atoms with Gasteiger partial charge in [-0.3, -0.25) is 14.4 Å². The van der Waals surface area contributed by atoms with E-state index in [0.29, 0.717) is 30.0 Å². The molecule has 1 heterocycles. The van der Waals surface area contributed by atoms with Crippen molar-refractivity contribution in [1.82, 2.24) is 10.3 Å². The number of rotatable bonds is 2. The van der Waals surface area contributed by atoms with Crippen molar-refractivity contribution in [2.45, 2.75) is 58.4 Å². The molecule has 1 aromatic heterocycles. The first kappa shape index (κ1) is 16.0. The molecule has 3 unspecified atom stereocenters. The molecular weight excluding hydrogens is 292 g/mol. The van der Waals surface area contributed by atoms with E-state index in [0.717, 1.165) is 19.3 Å². The summed E-state index contributed by atoms with van der Waals surface area (Å²) in [5.41, 5.74) is 0.835. The summed E-state index contributed by atoms with van der Waals surface area (Å²) in [6.07, 6.45) is 5.50. The van der Waals surface area contributed by atoms with E-state index >= 15 is 0 Å². The van der Waals surface area contributed by atoms with E-state index in [1.807, 2.05) is 6.92 Å². The summed E-state index contributed by atoms with van der Waals surface area (Å²) in [4.78, 5) is 39.7. The van der Waals surface area contributed by atoms with Crippen LogP contribution in [0, 0.1) is 11.8 Å². The van der Waals surface area contributed by atoms with Crippen molar-refractivity contribution < 1.29 is 9.59 Å². The van der Waals surface area contributed by atoms with Crippen LogP contribution in [-0.2, 0) is 6.42 Å². The van der Waals surface area contributed by atoms with E-state index in [1.54, 1.807) is 0 Å². The van der Waals surface area contributed by atoms with Gasteiger partial charge in [0.2, 0.25) is 0 Å². The lowest BCUT2D eigenvalue weighted by Gasteiger charge is -2.29. The van der Waals surface area contributed by atoms with Crippen LogP contribution in [0.2, 0.25) is 0 Å². The molecule has 1 aromatic rings. The van der Waals surface area contributed by atoms with Crippen LogP contribution in [0.5, 0.6) is 0 Å². The van der Waals surface area contributed by atoms with Gasteiger partial charge in [-0.15, -0.1) is 0 Å². The molecule has 1 saturated carbocycles. The van der Waals surface area contributed by atoms with Gasteiger partial charge >= 0.3 is 0 Å². The molecule has 0 radical (unpaired) electrons. The molecule has 5 nitrogen and oxygen atoms in total. The second-order valence-electron chi connectivity index (χ2n) is 7.18. The maximum Gasteiger partial charge on any atom is 0.261 e. The fourth-order valence-corrected chi connectivity index (χ4v) is 3.77. The van der Waals surface area contributed by atoms with Crippen molar-refractivity contribution in [2.24, 2.45) is 11.8 Å². The number of aromatic amines is 1. The first-order valence-corrected chi connectivity index (χ1v) is 8.56. The predicted octanol–water partition coefficient (Wildman–Crippen LogP) is 2.45. The molecule has 23 heavy (non-hydrogen) atoms. The van der Waals surface area contributed by atoms with Gasteiger partial charge in [-0.2, -0.15) is 0 Å². The zero-order chi connectivity index (χ0) is 16.6. The Labute approximate surface area is 135 Å². The number of H-pyrrole nitrogens is 1. The van der Waals surface area contributed by atoms with Gasteiger partial charge < -0.3 is 10.3 Å². The summed E-state index contributed by atoms with van der Waals surface area (Å²) in [5, 5.41) is 2.99. The monoisotopic (exact) mass is 316 g/mol. The molecule has 3 atom stereocenters. The Bertz CT molecular complexity index is 692. The molecule has 0 aromatic carbocycles. The number of hydrogen-bond acceptors (Lipinski definition) is 3. The highest BCUT2D eigenvalue weighted by atomic mass is 16.2. The first-order valence-electron chi connectivity index (χ1n) is 8.56.